The third-order valence-electron chi connectivity index (χ3n) is 2.59. The van der Waals surface area contributed by atoms with Crippen LogP contribution in [0.25, 0.3) is 0 Å². The van der Waals surface area contributed by atoms with Crippen molar-refractivity contribution in [3.63, 3.8) is 0 Å². The Morgan fingerprint density at radius 2 is 2.38 bits per heavy atom. The smallest absolute Gasteiger partial charge is 0.137 e. The first-order chi connectivity index (χ1) is 6.33. The normalized spacial score (nSPS) is 17.4. The number of aromatic nitrogens is 3. The molecule has 1 unspecified atom stereocenters. The average Bonchev–Trinajstić information content (AvgIpc) is 2.62. The Morgan fingerprint density at radius 1 is 1.54 bits per heavy atom. The van der Waals surface area contributed by atoms with Gasteiger partial charge < -0.3 is 9.88 Å². The molecule has 13 heavy (non-hydrogen) atoms. The molecule has 1 aliphatic rings. The summed E-state index contributed by atoms with van der Waals surface area (Å²) in [6.45, 7) is 4.26. The summed E-state index contributed by atoms with van der Waals surface area (Å²) in [6.07, 6.45) is 2.32. The molecule has 1 N–H and O–H groups in total. The van der Waals surface area contributed by atoms with Crippen molar-refractivity contribution in [2.45, 2.75) is 32.2 Å². The summed E-state index contributed by atoms with van der Waals surface area (Å²) in [5.41, 5.74) is 0. The molecule has 0 bridgehead atoms. The van der Waals surface area contributed by atoms with Gasteiger partial charge in [0.15, 0.2) is 0 Å². The number of nitrogens with one attached hydrogen (secondary N) is 1. The van der Waals surface area contributed by atoms with Gasteiger partial charge in [-0.15, -0.1) is 10.2 Å². The fourth-order valence-corrected chi connectivity index (χ4v) is 1.94. The lowest BCUT2D eigenvalue weighted by atomic mass is 10.1. The van der Waals surface area contributed by atoms with Gasteiger partial charge in [-0.25, -0.2) is 0 Å². The first kappa shape index (κ1) is 8.69. The van der Waals surface area contributed by atoms with Crippen molar-refractivity contribution in [1.82, 2.24) is 20.1 Å². The maximum atomic E-state index is 4.23. The highest BCUT2D eigenvalue weighted by Gasteiger charge is 2.20. The van der Waals surface area contributed by atoms with Crippen LogP contribution >= 0.6 is 0 Å². The van der Waals surface area contributed by atoms with Crippen LogP contribution in [0.15, 0.2) is 0 Å². The Balaban J connectivity index is 2.20. The molecule has 0 radical (unpaired) electrons. The molecule has 0 amide bonds. The molecule has 0 spiro atoms. The number of hydrogen-bond acceptors (Lipinski definition) is 3. The highest BCUT2D eigenvalue weighted by molar-refractivity contribution is 5.04. The molecule has 1 aliphatic heterocycles. The number of rotatable bonds is 3. The maximum Gasteiger partial charge on any atom is 0.137 e. The fourth-order valence-electron chi connectivity index (χ4n) is 1.94. The van der Waals surface area contributed by atoms with Crippen molar-refractivity contribution in [1.29, 1.82) is 0 Å². The molecule has 1 aromatic rings. The number of nitrogens with zero attached hydrogens (tertiary/aromatic N) is 3. The van der Waals surface area contributed by atoms with E-state index < -0.39 is 0 Å². The van der Waals surface area contributed by atoms with Crippen molar-refractivity contribution < 1.29 is 0 Å². The first-order valence-corrected chi connectivity index (χ1v) is 4.89. The zero-order chi connectivity index (χ0) is 9.26. The van der Waals surface area contributed by atoms with Crippen molar-refractivity contribution >= 4 is 0 Å². The van der Waals surface area contributed by atoms with Crippen LogP contribution in [0.3, 0.4) is 0 Å². The lowest BCUT2D eigenvalue weighted by Gasteiger charge is -2.10. The van der Waals surface area contributed by atoms with E-state index in [4.69, 9.17) is 0 Å². The van der Waals surface area contributed by atoms with Crippen LogP contribution in [0.5, 0.6) is 0 Å². The molecule has 0 aliphatic carbocycles. The third-order valence-corrected chi connectivity index (χ3v) is 2.59. The van der Waals surface area contributed by atoms with E-state index in [9.17, 15) is 0 Å². The Kier molecular flexibility index (Phi) is 2.31. The summed E-state index contributed by atoms with van der Waals surface area (Å²) < 4.78 is 2.27. The zero-order valence-electron chi connectivity index (χ0n) is 8.25. The van der Waals surface area contributed by atoms with Gasteiger partial charge in [0.2, 0.25) is 0 Å². The number of hydrogen-bond donors (Lipinski definition) is 1. The lowest BCUT2D eigenvalue weighted by Crippen LogP contribution is -2.18. The molecule has 0 fully saturated rings. The zero-order valence-corrected chi connectivity index (χ0v) is 8.25. The predicted molar refractivity (Wildman–Crippen MR) is 50.7 cm³/mol. The third kappa shape index (κ3) is 1.46. The largest absolute Gasteiger partial charge is 0.319 e. The molecule has 0 aromatic carbocycles. The maximum absolute atomic E-state index is 4.23. The molecule has 4 nitrogen and oxygen atoms in total. The van der Waals surface area contributed by atoms with Gasteiger partial charge in [0, 0.05) is 25.4 Å². The van der Waals surface area contributed by atoms with E-state index in [1.807, 2.05) is 7.05 Å². The summed E-state index contributed by atoms with van der Waals surface area (Å²) in [4.78, 5) is 0. The van der Waals surface area contributed by atoms with Crippen molar-refractivity contribution in [3.05, 3.63) is 11.6 Å². The molecule has 72 valence electrons. The van der Waals surface area contributed by atoms with Crippen LogP contribution < -0.4 is 5.32 Å². The minimum absolute atomic E-state index is 0.462. The van der Waals surface area contributed by atoms with Gasteiger partial charge in [0.05, 0.1) is 0 Å². The van der Waals surface area contributed by atoms with Gasteiger partial charge in [-0.1, -0.05) is 6.92 Å². The average molecular weight is 180 g/mol. The van der Waals surface area contributed by atoms with Crippen molar-refractivity contribution in [2.75, 3.05) is 13.6 Å². The topological polar surface area (TPSA) is 42.7 Å². The van der Waals surface area contributed by atoms with E-state index in [0.29, 0.717) is 5.92 Å². The summed E-state index contributed by atoms with van der Waals surface area (Å²) in [7, 11) is 1.97. The second-order valence-corrected chi connectivity index (χ2v) is 3.69. The Labute approximate surface area is 78.4 Å². The van der Waals surface area contributed by atoms with E-state index in [2.05, 4.69) is 27.0 Å². The van der Waals surface area contributed by atoms with Crippen molar-refractivity contribution in [3.8, 4) is 0 Å². The Morgan fingerprint density at radius 3 is 3.15 bits per heavy atom. The summed E-state index contributed by atoms with van der Waals surface area (Å²) in [6, 6.07) is 0. The quantitative estimate of drug-likeness (QED) is 0.738. The van der Waals surface area contributed by atoms with Crippen molar-refractivity contribution in [2.24, 2.45) is 0 Å². The fraction of sp³-hybridized carbons (Fsp3) is 0.778. The van der Waals surface area contributed by atoms with Crippen LogP contribution in [-0.4, -0.2) is 28.4 Å². The Bertz CT molecular complexity index is 292. The van der Waals surface area contributed by atoms with Crippen LogP contribution in [0.4, 0.5) is 0 Å². The summed E-state index contributed by atoms with van der Waals surface area (Å²) in [5, 5.41) is 11.6. The molecule has 1 aromatic heterocycles. The predicted octanol–water partition coefficient (Wildman–Crippen LogP) is 0.547. The summed E-state index contributed by atoms with van der Waals surface area (Å²) >= 11 is 0. The molecule has 2 rings (SSSR count). The number of fused-ring (bicyclic) bond motifs is 1. The standard InChI is InChI=1S/C9H16N4/c1-7(6-10-2)9-12-11-8-4-3-5-13(8)9/h7,10H,3-6H2,1-2H3. The molecule has 1 atom stereocenters. The SMILES string of the molecule is CNCC(C)c1nnc2n1CCC2. The summed E-state index contributed by atoms with van der Waals surface area (Å²) in [5.74, 6) is 2.77. The van der Waals surface area contributed by atoms with E-state index in [1.54, 1.807) is 0 Å². The lowest BCUT2D eigenvalue weighted by molar-refractivity contribution is 0.588. The number of aryl methyl sites for hydroxylation is 1. The monoisotopic (exact) mass is 180 g/mol. The highest BCUT2D eigenvalue weighted by Crippen LogP contribution is 2.19. The van der Waals surface area contributed by atoms with Crippen LogP contribution in [0, 0.1) is 0 Å². The molecular weight excluding hydrogens is 164 g/mol. The van der Waals surface area contributed by atoms with Gasteiger partial charge in [-0.3, -0.25) is 0 Å². The first-order valence-electron chi connectivity index (χ1n) is 4.89. The van der Waals surface area contributed by atoms with Crippen LogP contribution in [0.2, 0.25) is 0 Å². The van der Waals surface area contributed by atoms with Gasteiger partial charge in [0.1, 0.15) is 11.6 Å². The van der Waals surface area contributed by atoms with E-state index in [-0.39, 0.29) is 0 Å². The van der Waals surface area contributed by atoms with Gasteiger partial charge >= 0.3 is 0 Å². The van der Waals surface area contributed by atoms with E-state index in [0.717, 1.165) is 31.2 Å². The number of likely N-dealkylation sites (N-methyl/N-ethyl adjacent to an activating group) is 1. The second kappa shape index (κ2) is 3.46. The highest BCUT2D eigenvalue weighted by atomic mass is 15.3. The van der Waals surface area contributed by atoms with Crippen LogP contribution in [-0.2, 0) is 13.0 Å². The van der Waals surface area contributed by atoms with Gasteiger partial charge in [-0.05, 0) is 13.5 Å². The minimum Gasteiger partial charge on any atom is -0.319 e. The van der Waals surface area contributed by atoms with Gasteiger partial charge in [-0.2, -0.15) is 0 Å². The molecule has 0 saturated carbocycles. The van der Waals surface area contributed by atoms with Crippen LogP contribution in [0.1, 0.15) is 30.9 Å². The molecule has 2 heterocycles. The second-order valence-electron chi connectivity index (χ2n) is 3.69. The molecule has 4 heteroatoms. The minimum atomic E-state index is 0.462. The molecular formula is C9H16N4. The van der Waals surface area contributed by atoms with E-state index >= 15 is 0 Å². The van der Waals surface area contributed by atoms with Gasteiger partial charge in [0.25, 0.3) is 0 Å². The molecule has 0 saturated heterocycles. The van der Waals surface area contributed by atoms with E-state index in [1.165, 1.54) is 6.42 Å². The Hall–Kier alpha value is -0.900.